The largest absolute Gasteiger partial charge is 0.293 e. The molecular weight excluding hydrogens is 263 g/mol. The van der Waals surface area contributed by atoms with Gasteiger partial charge in [-0.05, 0) is 25.1 Å². The summed E-state index contributed by atoms with van der Waals surface area (Å²) < 4.78 is 13.8. The molecule has 1 heterocycles. The van der Waals surface area contributed by atoms with Crippen molar-refractivity contribution in [2.24, 2.45) is 0 Å². The number of non-ortho nitro benzene ring substituents is 1. The molecule has 1 unspecified atom stereocenters. The SMILES string of the molecule is CC(C(=O)c1ccc([N+](=O)[O-])cc1F)c1ccccn1. The number of aromatic nitrogens is 1. The summed E-state index contributed by atoms with van der Waals surface area (Å²) in [5.41, 5.74) is -0.0338. The van der Waals surface area contributed by atoms with Crippen LogP contribution in [0.3, 0.4) is 0 Å². The van der Waals surface area contributed by atoms with Crippen molar-refractivity contribution < 1.29 is 14.1 Å². The van der Waals surface area contributed by atoms with Gasteiger partial charge in [-0.1, -0.05) is 6.07 Å². The number of carbonyl (C=O) groups excluding carboxylic acids is 1. The van der Waals surface area contributed by atoms with Crippen molar-refractivity contribution in [3.8, 4) is 0 Å². The molecule has 2 aromatic rings. The predicted octanol–water partition coefficient (Wildman–Crippen LogP) is 3.12. The maximum absolute atomic E-state index is 13.8. The minimum atomic E-state index is -0.896. The van der Waals surface area contributed by atoms with Gasteiger partial charge in [0.2, 0.25) is 0 Å². The van der Waals surface area contributed by atoms with E-state index in [1.54, 1.807) is 31.3 Å². The molecule has 1 atom stereocenters. The average molecular weight is 274 g/mol. The van der Waals surface area contributed by atoms with Gasteiger partial charge in [-0.15, -0.1) is 0 Å². The Balaban J connectivity index is 2.32. The highest BCUT2D eigenvalue weighted by molar-refractivity contribution is 6.00. The first-order valence-corrected chi connectivity index (χ1v) is 5.90. The molecule has 1 aromatic carbocycles. The van der Waals surface area contributed by atoms with E-state index in [4.69, 9.17) is 0 Å². The quantitative estimate of drug-likeness (QED) is 0.488. The summed E-state index contributed by atoms with van der Waals surface area (Å²) in [6, 6.07) is 8.12. The molecule has 0 amide bonds. The number of nitrogens with zero attached hydrogens (tertiary/aromatic N) is 2. The second-order valence-electron chi connectivity index (χ2n) is 4.26. The van der Waals surface area contributed by atoms with Crippen LogP contribution >= 0.6 is 0 Å². The van der Waals surface area contributed by atoms with Gasteiger partial charge in [0.1, 0.15) is 5.82 Å². The Labute approximate surface area is 114 Å². The molecule has 0 bridgehead atoms. The lowest BCUT2D eigenvalue weighted by Gasteiger charge is -2.10. The summed E-state index contributed by atoms with van der Waals surface area (Å²) in [5.74, 6) is -1.98. The van der Waals surface area contributed by atoms with Crippen LogP contribution in [0.15, 0.2) is 42.6 Å². The number of ketones is 1. The fourth-order valence-corrected chi connectivity index (χ4v) is 1.82. The minimum absolute atomic E-state index is 0.172. The standard InChI is InChI=1S/C14H11FN2O3/c1-9(13-4-2-3-7-16-13)14(18)11-6-5-10(17(19)20)8-12(11)15/h2-9H,1H3. The van der Waals surface area contributed by atoms with Gasteiger partial charge in [0.05, 0.1) is 28.2 Å². The predicted molar refractivity (Wildman–Crippen MR) is 70.0 cm³/mol. The lowest BCUT2D eigenvalue weighted by molar-refractivity contribution is -0.385. The highest BCUT2D eigenvalue weighted by Gasteiger charge is 2.22. The van der Waals surface area contributed by atoms with Crippen LogP contribution in [0.1, 0.15) is 28.9 Å². The van der Waals surface area contributed by atoms with Gasteiger partial charge < -0.3 is 0 Å². The Morgan fingerprint density at radius 1 is 1.35 bits per heavy atom. The molecule has 0 saturated heterocycles. The van der Waals surface area contributed by atoms with Crippen LogP contribution in [0, 0.1) is 15.9 Å². The van der Waals surface area contributed by atoms with Crippen LogP contribution in [-0.2, 0) is 0 Å². The highest BCUT2D eigenvalue weighted by atomic mass is 19.1. The summed E-state index contributed by atoms with van der Waals surface area (Å²) in [6.07, 6.45) is 1.55. The number of Topliss-reactive ketones (excluding diaryl/α,β-unsaturated/α-hetero) is 1. The highest BCUT2D eigenvalue weighted by Crippen LogP contribution is 2.23. The topological polar surface area (TPSA) is 73.1 Å². The van der Waals surface area contributed by atoms with Crippen molar-refractivity contribution in [1.82, 2.24) is 4.98 Å². The van der Waals surface area contributed by atoms with Crippen LogP contribution < -0.4 is 0 Å². The van der Waals surface area contributed by atoms with Gasteiger partial charge in [-0.3, -0.25) is 19.9 Å². The van der Waals surface area contributed by atoms with Gasteiger partial charge in [-0.2, -0.15) is 0 Å². The van der Waals surface area contributed by atoms with Crippen LogP contribution in [-0.4, -0.2) is 15.7 Å². The lowest BCUT2D eigenvalue weighted by atomic mass is 9.95. The van der Waals surface area contributed by atoms with Crippen molar-refractivity contribution in [3.05, 3.63) is 69.8 Å². The number of nitro benzene ring substituents is 1. The molecular formula is C14H11FN2O3. The maximum atomic E-state index is 13.8. The number of rotatable bonds is 4. The molecule has 6 heteroatoms. The number of hydrogen-bond donors (Lipinski definition) is 0. The van der Waals surface area contributed by atoms with Gasteiger partial charge >= 0.3 is 0 Å². The van der Waals surface area contributed by atoms with E-state index in [0.717, 1.165) is 18.2 Å². The van der Waals surface area contributed by atoms with Crippen molar-refractivity contribution in [2.45, 2.75) is 12.8 Å². The van der Waals surface area contributed by atoms with Gasteiger partial charge in [0, 0.05) is 12.3 Å². The summed E-state index contributed by atoms with van der Waals surface area (Å²) in [5, 5.41) is 10.5. The van der Waals surface area contributed by atoms with Crippen LogP contribution in [0.2, 0.25) is 0 Å². The smallest absolute Gasteiger partial charge is 0.272 e. The van der Waals surface area contributed by atoms with Crippen LogP contribution in [0.4, 0.5) is 10.1 Å². The van der Waals surface area contributed by atoms with E-state index in [1.165, 1.54) is 0 Å². The van der Waals surface area contributed by atoms with Crippen molar-refractivity contribution in [2.75, 3.05) is 0 Å². The Morgan fingerprint density at radius 2 is 2.10 bits per heavy atom. The number of carbonyl (C=O) groups is 1. The molecule has 5 nitrogen and oxygen atoms in total. The number of benzene rings is 1. The van der Waals surface area contributed by atoms with E-state index in [2.05, 4.69) is 4.98 Å². The monoisotopic (exact) mass is 274 g/mol. The maximum Gasteiger partial charge on any atom is 0.272 e. The first-order valence-electron chi connectivity index (χ1n) is 5.90. The van der Waals surface area contributed by atoms with E-state index in [-0.39, 0.29) is 11.3 Å². The first-order chi connectivity index (χ1) is 9.50. The molecule has 0 aliphatic heterocycles. The molecule has 0 fully saturated rings. The average Bonchev–Trinajstić information content (AvgIpc) is 2.46. The Morgan fingerprint density at radius 3 is 2.65 bits per heavy atom. The van der Waals surface area contributed by atoms with E-state index >= 15 is 0 Å². The molecule has 0 saturated carbocycles. The van der Waals surface area contributed by atoms with E-state index in [9.17, 15) is 19.3 Å². The van der Waals surface area contributed by atoms with Crippen molar-refractivity contribution in [1.29, 1.82) is 0 Å². The van der Waals surface area contributed by atoms with Crippen molar-refractivity contribution in [3.63, 3.8) is 0 Å². The zero-order chi connectivity index (χ0) is 14.7. The molecule has 0 radical (unpaired) electrons. The van der Waals surface area contributed by atoms with Gasteiger partial charge in [0.25, 0.3) is 5.69 Å². The number of nitro groups is 1. The summed E-state index contributed by atoms with van der Waals surface area (Å²) in [7, 11) is 0. The summed E-state index contributed by atoms with van der Waals surface area (Å²) in [6.45, 7) is 1.62. The van der Waals surface area contributed by atoms with Crippen LogP contribution in [0.25, 0.3) is 0 Å². The lowest BCUT2D eigenvalue weighted by Crippen LogP contribution is -2.12. The normalized spacial score (nSPS) is 11.9. The summed E-state index contributed by atoms with van der Waals surface area (Å²) >= 11 is 0. The van der Waals surface area contributed by atoms with E-state index in [0.29, 0.717) is 5.69 Å². The molecule has 102 valence electrons. The van der Waals surface area contributed by atoms with E-state index < -0.39 is 22.4 Å². The van der Waals surface area contributed by atoms with Gasteiger partial charge in [-0.25, -0.2) is 4.39 Å². The van der Waals surface area contributed by atoms with Gasteiger partial charge in [0.15, 0.2) is 5.78 Å². The summed E-state index contributed by atoms with van der Waals surface area (Å²) in [4.78, 5) is 26.1. The van der Waals surface area contributed by atoms with E-state index in [1.807, 2.05) is 0 Å². The van der Waals surface area contributed by atoms with Crippen LogP contribution in [0.5, 0.6) is 0 Å². The molecule has 0 spiro atoms. The fourth-order valence-electron chi connectivity index (χ4n) is 1.82. The molecule has 0 N–H and O–H groups in total. The number of hydrogen-bond acceptors (Lipinski definition) is 4. The first kappa shape index (κ1) is 13.8. The second-order valence-corrected chi connectivity index (χ2v) is 4.26. The zero-order valence-electron chi connectivity index (χ0n) is 10.6. The fraction of sp³-hybridized carbons (Fsp3) is 0.143. The Bertz CT molecular complexity index is 659. The third-order valence-corrected chi connectivity index (χ3v) is 2.95. The third-order valence-electron chi connectivity index (χ3n) is 2.95. The van der Waals surface area contributed by atoms with Crippen molar-refractivity contribution >= 4 is 11.5 Å². The number of halogens is 1. The second kappa shape index (κ2) is 5.56. The number of pyridine rings is 1. The zero-order valence-corrected chi connectivity index (χ0v) is 10.6. The third kappa shape index (κ3) is 2.69. The molecule has 2 rings (SSSR count). The minimum Gasteiger partial charge on any atom is -0.293 e. The molecule has 0 aliphatic rings. The molecule has 20 heavy (non-hydrogen) atoms. The Kier molecular flexibility index (Phi) is 3.84. The molecule has 1 aromatic heterocycles. The molecule has 0 aliphatic carbocycles. The Hall–Kier alpha value is -2.63.